The minimum Gasteiger partial charge on any atom is -0.386 e. The average Bonchev–Trinajstić information content (AvgIpc) is 3.11. The zero-order valence-corrected chi connectivity index (χ0v) is 34.1. The van der Waals surface area contributed by atoms with Crippen LogP contribution in [0.4, 0.5) is 0 Å². The van der Waals surface area contributed by atoms with E-state index in [1.165, 1.54) is 36.4 Å². The first kappa shape index (κ1) is 39.6. The summed E-state index contributed by atoms with van der Waals surface area (Å²) in [6, 6.07) is 30.7. The third-order valence-corrected chi connectivity index (χ3v) is 11.0. The molecule has 0 aliphatic carbocycles. The maximum absolute atomic E-state index is 14.5. The van der Waals surface area contributed by atoms with Crippen LogP contribution in [0.1, 0.15) is 97.8 Å². The van der Waals surface area contributed by atoms with E-state index in [1.54, 1.807) is 36.4 Å². The number of carbonyl (C=O) groups is 3. The summed E-state index contributed by atoms with van der Waals surface area (Å²) in [5.41, 5.74) is 11.7. The molecule has 0 heterocycles. The molecule has 0 radical (unpaired) electrons. The number of carbonyl (C=O) groups excluding carboxylic acids is 3. The maximum atomic E-state index is 14.5. The van der Waals surface area contributed by atoms with Crippen LogP contribution < -0.4 is 13.6 Å². The van der Waals surface area contributed by atoms with Gasteiger partial charge in [-0.05, 0) is 168 Å². The van der Waals surface area contributed by atoms with Crippen LogP contribution in [0.15, 0.2) is 109 Å². The van der Waals surface area contributed by atoms with Gasteiger partial charge in [0.05, 0.1) is 0 Å². The van der Waals surface area contributed by atoms with Crippen molar-refractivity contribution in [3.63, 3.8) is 0 Å². The Hall–Kier alpha value is -6.04. The van der Waals surface area contributed by atoms with Crippen molar-refractivity contribution in [3.05, 3.63) is 193 Å². The maximum Gasteiger partial charge on any atom is 0.647 e. The molecule has 0 unspecified atom stereocenters. The molecule has 0 spiro atoms. The summed E-state index contributed by atoms with van der Waals surface area (Å²) in [6.07, 6.45) is 0. The molecule has 0 saturated heterocycles. The van der Waals surface area contributed by atoms with Crippen LogP contribution in [0.2, 0.25) is 0 Å². The van der Waals surface area contributed by atoms with Crippen LogP contribution in [0.5, 0.6) is 17.2 Å². The molecule has 284 valence electrons. The molecule has 0 amide bonds. The second kappa shape index (κ2) is 16.0. The zero-order valence-electron chi connectivity index (χ0n) is 33.2. The van der Waals surface area contributed by atoms with Gasteiger partial charge >= 0.3 is 7.82 Å². The van der Waals surface area contributed by atoms with Crippen molar-refractivity contribution in [1.82, 2.24) is 0 Å². The average molecular weight is 765 g/mol. The summed E-state index contributed by atoms with van der Waals surface area (Å²) in [5.74, 6) is -0.0138. The van der Waals surface area contributed by atoms with E-state index in [4.69, 9.17) is 13.6 Å². The van der Waals surface area contributed by atoms with Gasteiger partial charge in [0.2, 0.25) is 0 Å². The van der Waals surface area contributed by atoms with Crippen LogP contribution >= 0.6 is 7.82 Å². The Kier molecular flexibility index (Phi) is 11.3. The molecule has 0 saturated carbocycles. The summed E-state index contributed by atoms with van der Waals surface area (Å²) in [4.78, 5) is 40.6. The zero-order chi connectivity index (χ0) is 40.5. The molecule has 0 bridgehead atoms. The van der Waals surface area contributed by atoms with Gasteiger partial charge in [-0.2, -0.15) is 4.57 Å². The molecule has 0 N–H and O–H groups in total. The lowest BCUT2D eigenvalue weighted by atomic mass is 9.93. The number of hydrogen-bond acceptors (Lipinski definition) is 7. The van der Waals surface area contributed by atoms with E-state index >= 15 is 0 Å². The number of ketones is 3. The van der Waals surface area contributed by atoms with Crippen molar-refractivity contribution in [1.29, 1.82) is 0 Å². The fourth-order valence-corrected chi connectivity index (χ4v) is 8.74. The predicted octanol–water partition coefficient (Wildman–Crippen LogP) is 11.8. The Morgan fingerprint density at radius 3 is 0.750 bits per heavy atom. The van der Waals surface area contributed by atoms with Crippen LogP contribution in [-0.2, 0) is 4.57 Å². The van der Waals surface area contributed by atoms with Crippen molar-refractivity contribution in [2.75, 3.05) is 0 Å². The van der Waals surface area contributed by atoms with Crippen molar-refractivity contribution >= 4 is 25.2 Å². The number of rotatable bonds is 12. The van der Waals surface area contributed by atoms with Gasteiger partial charge in [-0.3, -0.25) is 14.4 Å². The fourth-order valence-electron chi connectivity index (χ4n) is 7.49. The first-order valence-corrected chi connectivity index (χ1v) is 19.8. The van der Waals surface area contributed by atoms with Gasteiger partial charge < -0.3 is 13.6 Å². The minimum absolute atomic E-state index is 0.136. The monoisotopic (exact) mass is 764 g/mol. The Bertz CT molecular complexity index is 2200. The molecule has 0 aliphatic rings. The van der Waals surface area contributed by atoms with Crippen molar-refractivity contribution in [2.24, 2.45) is 0 Å². The highest BCUT2D eigenvalue weighted by atomic mass is 31.2. The van der Waals surface area contributed by atoms with Gasteiger partial charge in [-0.1, -0.05) is 53.1 Å². The van der Waals surface area contributed by atoms with Crippen LogP contribution in [-0.4, -0.2) is 17.3 Å². The lowest BCUT2D eigenvalue weighted by Crippen LogP contribution is -2.10. The summed E-state index contributed by atoms with van der Waals surface area (Å²) < 4.78 is 32.4. The predicted molar refractivity (Wildman–Crippen MR) is 221 cm³/mol. The molecule has 56 heavy (non-hydrogen) atoms. The topological polar surface area (TPSA) is 96.0 Å². The second-order valence-electron chi connectivity index (χ2n) is 14.6. The molecule has 0 aromatic heterocycles. The Morgan fingerprint density at radius 2 is 0.554 bits per heavy atom. The normalized spacial score (nSPS) is 11.2. The van der Waals surface area contributed by atoms with E-state index in [-0.39, 0.29) is 34.6 Å². The highest BCUT2D eigenvalue weighted by Crippen LogP contribution is 2.50. The number of phosphoric acid groups is 1. The van der Waals surface area contributed by atoms with Crippen LogP contribution in [0.3, 0.4) is 0 Å². The second-order valence-corrected chi connectivity index (χ2v) is 16.0. The lowest BCUT2D eigenvalue weighted by Gasteiger charge is -2.20. The van der Waals surface area contributed by atoms with Crippen molar-refractivity contribution in [2.45, 2.75) is 62.3 Å². The van der Waals surface area contributed by atoms with Gasteiger partial charge in [0.15, 0.2) is 17.3 Å². The summed E-state index contributed by atoms with van der Waals surface area (Å²) in [6.45, 7) is 17.4. The molecule has 7 nitrogen and oxygen atoms in total. The Balaban J connectivity index is 1.28. The van der Waals surface area contributed by atoms with Crippen molar-refractivity contribution < 1.29 is 32.5 Å². The lowest BCUT2D eigenvalue weighted by molar-refractivity contribution is 0.102. The van der Waals surface area contributed by atoms with Crippen molar-refractivity contribution in [3.8, 4) is 17.2 Å². The van der Waals surface area contributed by atoms with E-state index in [1.807, 2.05) is 98.7 Å². The molecular weight excluding hydrogens is 719 g/mol. The number of benzene rings is 6. The molecule has 0 aliphatic heterocycles. The highest BCUT2D eigenvalue weighted by molar-refractivity contribution is 7.49. The molecule has 0 atom stereocenters. The first-order valence-electron chi connectivity index (χ1n) is 18.4. The first-order chi connectivity index (χ1) is 26.5. The molecule has 8 heteroatoms. The highest BCUT2D eigenvalue weighted by Gasteiger charge is 2.34. The number of hydrogen-bond donors (Lipinski definition) is 0. The van der Waals surface area contributed by atoms with E-state index in [9.17, 15) is 18.9 Å². The quantitative estimate of drug-likeness (QED) is 0.0904. The SMILES string of the molecule is Cc1cc(C)c(C(=O)c2ccc(OP(=O)(Oc3ccc(C(=O)c4c(C)cc(C)cc4C)cc3)Oc3ccc(C(=O)c4c(C)cc(C)cc4C)cc3)cc2)c(C)c1. The van der Waals surface area contributed by atoms with Gasteiger partial charge in [-0.15, -0.1) is 0 Å². The van der Waals surface area contributed by atoms with Crippen LogP contribution in [0, 0.1) is 62.3 Å². The van der Waals surface area contributed by atoms with E-state index in [0.29, 0.717) is 33.4 Å². The Morgan fingerprint density at radius 1 is 0.357 bits per heavy atom. The van der Waals surface area contributed by atoms with E-state index in [0.717, 1.165) is 50.1 Å². The minimum atomic E-state index is -4.49. The number of aryl methyl sites for hydroxylation is 9. The van der Waals surface area contributed by atoms with Crippen LogP contribution in [0.25, 0.3) is 0 Å². The molecule has 0 fully saturated rings. The molecule has 6 aromatic rings. The molecule has 6 rings (SSSR count). The van der Waals surface area contributed by atoms with Gasteiger partial charge in [0.25, 0.3) is 0 Å². The Labute approximate surface area is 328 Å². The smallest absolute Gasteiger partial charge is 0.386 e. The van der Waals surface area contributed by atoms with E-state index < -0.39 is 7.82 Å². The standard InChI is InChI=1S/C48H45O7P/c1-28-22-31(4)43(32(5)23-28)46(49)37-10-16-40(17-11-37)53-56(52,54-41-18-12-38(13-19-41)47(50)44-33(6)24-29(2)25-34(44)7)55-42-20-14-39(15-21-42)48(51)45-35(8)26-30(3)27-36(45)9/h10-27H,1-9H3. The van der Waals surface area contributed by atoms with Gasteiger partial charge in [-0.25, -0.2) is 0 Å². The largest absolute Gasteiger partial charge is 0.647 e. The summed E-state index contributed by atoms with van der Waals surface area (Å²) in [7, 11) is -4.49. The summed E-state index contributed by atoms with van der Waals surface area (Å²) >= 11 is 0. The van der Waals surface area contributed by atoms with Gasteiger partial charge in [0.1, 0.15) is 17.2 Å². The summed E-state index contributed by atoms with van der Waals surface area (Å²) in [5, 5.41) is 0. The fraction of sp³-hybridized carbons (Fsp3) is 0.188. The molecule has 6 aromatic carbocycles. The van der Waals surface area contributed by atoms with E-state index in [2.05, 4.69) is 0 Å². The third kappa shape index (κ3) is 8.59. The number of phosphoric ester groups is 1. The van der Waals surface area contributed by atoms with Gasteiger partial charge in [0, 0.05) is 33.4 Å². The molecular formula is C48H45O7P. The third-order valence-electron chi connectivity index (χ3n) is 9.71.